The second-order valence-corrected chi connectivity index (χ2v) is 9.58. The molecule has 0 aliphatic heterocycles. The molecular formula is C25H31NO7S. The average Bonchev–Trinajstić information content (AvgIpc) is 2.77. The molecule has 0 spiro atoms. The molecule has 0 unspecified atom stereocenters. The Morgan fingerprint density at radius 1 is 1.09 bits per heavy atom. The lowest BCUT2D eigenvalue weighted by molar-refractivity contribution is -0.137. The summed E-state index contributed by atoms with van der Waals surface area (Å²) in [6.07, 6.45) is 7.66. The van der Waals surface area contributed by atoms with E-state index >= 15 is 0 Å². The van der Waals surface area contributed by atoms with Crippen LogP contribution >= 0.6 is 0 Å². The van der Waals surface area contributed by atoms with Gasteiger partial charge in [0.05, 0.1) is 25.7 Å². The van der Waals surface area contributed by atoms with Crippen molar-refractivity contribution in [2.45, 2.75) is 39.0 Å². The summed E-state index contributed by atoms with van der Waals surface area (Å²) in [5.74, 6) is -0.333. The molecule has 0 saturated heterocycles. The summed E-state index contributed by atoms with van der Waals surface area (Å²) < 4.78 is 35.7. The Balaban J connectivity index is 1.97. The van der Waals surface area contributed by atoms with Crippen molar-refractivity contribution in [3.05, 3.63) is 59.7 Å². The first-order valence-corrected chi connectivity index (χ1v) is 12.8. The first-order valence-electron chi connectivity index (χ1n) is 10.9. The molecule has 0 atom stereocenters. The quantitative estimate of drug-likeness (QED) is 0.418. The van der Waals surface area contributed by atoms with E-state index in [4.69, 9.17) is 14.6 Å². The highest BCUT2D eigenvalue weighted by molar-refractivity contribution is 7.92. The Morgan fingerprint density at radius 2 is 1.79 bits per heavy atom. The molecule has 0 radical (unpaired) electrons. The third kappa shape index (κ3) is 8.55. The van der Waals surface area contributed by atoms with E-state index in [0.29, 0.717) is 22.2 Å². The van der Waals surface area contributed by atoms with Crippen molar-refractivity contribution in [2.75, 3.05) is 24.3 Å². The van der Waals surface area contributed by atoms with Gasteiger partial charge in [0.2, 0.25) is 15.9 Å². The highest BCUT2D eigenvalue weighted by Crippen LogP contribution is 2.28. The number of anilines is 1. The number of carbonyl (C=O) groups is 2. The molecule has 34 heavy (non-hydrogen) atoms. The van der Waals surface area contributed by atoms with Crippen LogP contribution in [0.2, 0.25) is 0 Å². The lowest BCUT2D eigenvalue weighted by Gasteiger charge is -2.20. The number of ether oxygens (including phenoxy) is 2. The van der Waals surface area contributed by atoms with Gasteiger partial charge < -0.3 is 14.6 Å². The summed E-state index contributed by atoms with van der Waals surface area (Å²) in [6, 6.07) is 12.4. The van der Waals surface area contributed by atoms with Gasteiger partial charge in [-0.05, 0) is 67.1 Å². The maximum absolute atomic E-state index is 12.0. The minimum absolute atomic E-state index is 0.144. The van der Waals surface area contributed by atoms with Gasteiger partial charge in [-0.15, -0.1) is 0 Å². The molecule has 8 nitrogen and oxygen atoms in total. The summed E-state index contributed by atoms with van der Waals surface area (Å²) >= 11 is 0. The number of aryl methyl sites for hydroxylation is 1. The Kier molecular flexibility index (Phi) is 10.1. The van der Waals surface area contributed by atoms with Gasteiger partial charge in [0, 0.05) is 13.3 Å². The molecule has 2 aromatic rings. The van der Waals surface area contributed by atoms with Crippen molar-refractivity contribution >= 4 is 33.7 Å². The van der Waals surface area contributed by atoms with E-state index < -0.39 is 21.9 Å². The molecule has 0 aromatic heterocycles. The summed E-state index contributed by atoms with van der Waals surface area (Å²) in [7, 11) is -2.19. The van der Waals surface area contributed by atoms with Crippen LogP contribution in [0, 0.1) is 0 Å². The first-order chi connectivity index (χ1) is 16.1. The second-order valence-electron chi connectivity index (χ2n) is 7.75. The van der Waals surface area contributed by atoms with Crippen LogP contribution in [0.1, 0.15) is 43.7 Å². The van der Waals surface area contributed by atoms with Gasteiger partial charge in [-0.25, -0.2) is 12.7 Å². The van der Waals surface area contributed by atoms with Crippen LogP contribution in [0.15, 0.2) is 48.5 Å². The minimum Gasteiger partial charge on any atom is -0.497 e. The van der Waals surface area contributed by atoms with Crippen LogP contribution in [-0.4, -0.2) is 45.4 Å². The standard InChI is InChI=1S/C25H31NO7S/c1-19(27)26(34(3,30)31)22-12-15-24(21(18-22)11-16-25(28)29)33-17-7-5-4-6-8-20-9-13-23(32-2)14-10-20/h6,8-10,12-15,18H,4-5,7,11,16-17H2,1-3H3,(H,28,29)/b8-6+. The zero-order valence-corrected chi connectivity index (χ0v) is 20.5. The van der Waals surface area contributed by atoms with Crippen LogP contribution in [0.4, 0.5) is 5.69 Å². The molecule has 184 valence electrons. The highest BCUT2D eigenvalue weighted by atomic mass is 32.2. The predicted molar refractivity (Wildman–Crippen MR) is 132 cm³/mol. The Labute approximate surface area is 200 Å². The van der Waals surface area contributed by atoms with Crippen LogP contribution < -0.4 is 13.8 Å². The number of carboxylic acids is 1. The van der Waals surface area contributed by atoms with E-state index in [0.717, 1.165) is 43.8 Å². The first kappa shape index (κ1) is 26.9. The lowest BCUT2D eigenvalue weighted by atomic mass is 10.1. The zero-order chi connectivity index (χ0) is 25.1. The number of aliphatic carboxylic acids is 1. The molecule has 0 aliphatic carbocycles. The number of amides is 1. The summed E-state index contributed by atoms with van der Waals surface area (Å²) in [4.78, 5) is 22.9. The molecule has 0 fully saturated rings. The lowest BCUT2D eigenvalue weighted by Crippen LogP contribution is -2.34. The number of unbranched alkanes of at least 4 members (excludes halogenated alkanes) is 2. The van der Waals surface area contributed by atoms with Crippen LogP contribution in [0.25, 0.3) is 6.08 Å². The summed E-state index contributed by atoms with van der Waals surface area (Å²) in [6.45, 7) is 1.59. The fourth-order valence-electron chi connectivity index (χ4n) is 3.36. The van der Waals surface area contributed by atoms with Gasteiger partial charge in [0.15, 0.2) is 0 Å². The molecule has 2 rings (SSSR count). The van der Waals surface area contributed by atoms with E-state index in [2.05, 4.69) is 6.08 Å². The largest absolute Gasteiger partial charge is 0.497 e. The third-order valence-electron chi connectivity index (χ3n) is 4.95. The third-order valence-corrected chi connectivity index (χ3v) is 6.08. The van der Waals surface area contributed by atoms with Gasteiger partial charge in [0.25, 0.3) is 0 Å². The number of rotatable bonds is 13. The molecule has 0 aliphatic rings. The fraction of sp³-hybridized carbons (Fsp3) is 0.360. The van der Waals surface area contributed by atoms with E-state index in [1.54, 1.807) is 13.2 Å². The van der Waals surface area contributed by atoms with Crippen molar-refractivity contribution in [3.63, 3.8) is 0 Å². The summed E-state index contributed by atoms with van der Waals surface area (Å²) in [5, 5.41) is 9.05. The van der Waals surface area contributed by atoms with Gasteiger partial charge in [-0.3, -0.25) is 9.59 Å². The normalized spacial score (nSPS) is 11.4. The van der Waals surface area contributed by atoms with Crippen LogP contribution in [0.3, 0.4) is 0 Å². The Hall–Kier alpha value is -3.33. The number of sulfonamides is 1. The molecule has 2 aromatic carbocycles. The van der Waals surface area contributed by atoms with Gasteiger partial charge in [0.1, 0.15) is 11.5 Å². The average molecular weight is 490 g/mol. The zero-order valence-electron chi connectivity index (χ0n) is 19.7. The number of allylic oxidation sites excluding steroid dienone is 1. The molecule has 1 N–H and O–H groups in total. The Morgan fingerprint density at radius 3 is 2.38 bits per heavy atom. The van der Waals surface area contributed by atoms with Crippen molar-refractivity contribution < 1.29 is 32.6 Å². The second kappa shape index (κ2) is 12.8. The predicted octanol–water partition coefficient (Wildman–Crippen LogP) is 4.29. The van der Waals surface area contributed by atoms with Crippen molar-refractivity contribution in [2.24, 2.45) is 0 Å². The number of nitrogens with zero attached hydrogens (tertiary/aromatic N) is 1. The van der Waals surface area contributed by atoms with E-state index in [1.165, 1.54) is 12.1 Å². The van der Waals surface area contributed by atoms with E-state index in [1.807, 2.05) is 30.3 Å². The van der Waals surface area contributed by atoms with E-state index in [-0.39, 0.29) is 18.5 Å². The number of methoxy groups -OCH3 is 1. The van der Waals surface area contributed by atoms with Crippen LogP contribution in [0.5, 0.6) is 11.5 Å². The van der Waals surface area contributed by atoms with Gasteiger partial charge in [-0.1, -0.05) is 24.3 Å². The maximum Gasteiger partial charge on any atom is 0.303 e. The van der Waals surface area contributed by atoms with E-state index in [9.17, 15) is 18.0 Å². The monoisotopic (exact) mass is 489 g/mol. The maximum atomic E-state index is 12.0. The Bertz CT molecular complexity index is 1110. The molecule has 0 bridgehead atoms. The SMILES string of the molecule is COc1ccc(/C=C/CCCCOc2ccc(N(C(C)=O)S(C)(=O)=O)cc2CCC(=O)O)cc1. The fourth-order valence-corrected chi connectivity index (χ4v) is 4.32. The summed E-state index contributed by atoms with van der Waals surface area (Å²) in [5.41, 5.74) is 1.79. The van der Waals surface area contributed by atoms with Crippen molar-refractivity contribution in [1.82, 2.24) is 0 Å². The number of hydrogen-bond acceptors (Lipinski definition) is 6. The topological polar surface area (TPSA) is 110 Å². The molecule has 0 saturated carbocycles. The number of benzene rings is 2. The van der Waals surface area contributed by atoms with Crippen molar-refractivity contribution in [1.29, 1.82) is 0 Å². The number of carboxylic acid groups (broad SMARTS) is 1. The molecule has 9 heteroatoms. The molecule has 1 amide bonds. The van der Waals surface area contributed by atoms with Crippen molar-refractivity contribution in [3.8, 4) is 11.5 Å². The molecule has 0 heterocycles. The number of carbonyl (C=O) groups excluding carboxylic acids is 1. The molecular weight excluding hydrogens is 458 g/mol. The smallest absolute Gasteiger partial charge is 0.303 e. The van der Waals surface area contributed by atoms with Gasteiger partial charge in [-0.2, -0.15) is 0 Å². The highest BCUT2D eigenvalue weighted by Gasteiger charge is 2.23. The minimum atomic E-state index is -3.82. The van der Waals surface area contributed by atoms with Gasteiger partial charge >= 0.3 is 5.97 Å². The van der Waals surface area contributed by atoms with Crippen LogP contribution in [-0.2, 0) is 26.0 Å². The number of hydrogen-bond donors (Lipinski definition) is 1.